The Bertz CT molecular complexity index is 1140. The topological polar surface area (TPSA) is 78.3 Å². The number of aliphatic carboxylic acids is 1. The number of aromatic amines is 1. The molecule has 0 radical (unpaired) electrons. The second-order valence-electron chi connectivity index (χ2n) is 7.83. The molecule has 2 bridgehead atoms. The van der Waals surface area contributed by atoms with E-state index in [2.05, 4.69) is 4.98 Å². The molecule has 7 heteroatoms. The predicted molar refractivity (Wildman–Crippen MR) is 102 cm³/mol. The van der Waals surface area contributed by atoms with E-state index in [0.717, 1.165) is 17.5 Å². The number of carboxylic acid groups (broad SMARTS) is 1. The van der Waals surface area contributed by atoms with Gasteiger partial charge in [0.15, 0.2) is 0 Å². The van der Waals surface area contributed by atoms with Crippen molar-refractivity contribution in [2.24, 2.45) is 5.92 Å². The largest absolute Gasteiger partial charge is 0.480 e. The molecule has 3 aromatic rings. The minimum Gasteiger partial charge on any atom is -0.480 e. The quantitative estimate of drug-likeness (QED) is 0.731. The molecule has 2 N–H and O–H groups in total. The van der Waals surface area contributed by atoms with Crippen LogP contribution in [0.2, 0.25) is 0 Å². The molecule has 4 heterocycles. The van der Waals surface area contributed by atoms with Crippen LogP contribution in [0.15, 0.2) is 47.4 Å². The van der Waals surface area contributed by atoms with Crippen LogP contribution < -0.4 is 5.56 Å². The lowest BCUT2D eigenvalue weighted by atomic mass is 9.82. The number of nitrogens with one attached hydrogen (secondary N) is 1. The van der Waals surface area contributed by atoms with Gasteiger partial charge in [0.2, 0.25) is 0 Å². The molecule has 5 rings (SSSR count). The van der Waals surface area contributed by atoms with Gasteiger partial charge in [0, 0.05) is 60.0 Å². The van der Waals surface area contributed by atoms with Crippen molar-refractivity contribution in [2.45, 2.75) is 24.9 Å². The van der Waals surface area contributed by atoms with E-state index >= 15 is 0 Å². The molecule has 2 aliphatic heterocycles. The van der Waals surface area contributed by atoms with Crippen molar-refractivity contribution in [3.8, 4) is 0 Å². The van der Waals surface area contributed by atoms with Crippen LogP contribution in [0.4, 0.5) is 4.39 Å². The van der Waals surface area contributed by atoms with Crippen LogP contribution in [-0.4, -0.2) is 38.6 Å². The van der Waals surface area contributed by atoms with Gasteiger partial charge in [-0.2, -0.15) is 0 Å². The number of likely N-dealkylation sites (tertiary alicyclic amines) is 1. The SMILES string of the molecule is O=C(O)[C@@H](c1c[nH]c2cc(F)ccc12)N1C[C@@H]2C[C@@H](C1)c1cccc(=O)n1C2. The fourth-order valence-electron chi connectivity index (χ4n) is 4.98. The third-order valence-corrected chi connectivity index (χ3v) is 6.08. The van der Waals surface area contributed by atoms with Crippen LogP contribution in [0.1, 0.15) is 29.6 Å². The summed E-state index contributed by atoms with van der Waals surface area (Å²) in [7, 11) is 0. The van der Waals surface area contributed by atoms with E-state index in [1.54, 1.807) is 24.4 Å². The second-order valence-corrected chi connectivity index (χ2v) is 7.83. The van der Waals surface area contributed by atoms with Crippen molar-refractivity contribution in [2.75, 3.05) is 13.1 Å². The lowest BCUT2D eigenvalue weighted by Gasteiger charge is -2.44. The molecular formula is C21H20FN3O3. The summed E-state index contributed by atoms with van der Waals surface area (Å²) in [6.07, 6.45) is 2.64. The predicted octanol–water partition coefficient (Wildman–Crippen LogP) is 2.71. The maximum Gasteiger partial charge on any atom is 0.325 e. The zero-order valence-electron chi connectivity index (χ0n) is 15.1. The molecule has 3 atom stereocenters. The van der Waals surface area contributed by atoms with E-state index < -0.39 is 12.0 Å². The summed E-state index contributed by atoms with van der Waals surface area (Å²) in [6.45, 7) is 1.81. The number of carbonyl (C=O) groups is 1. The number of H-pyrrole nitrogens is 1. The molecule has 0 amide bonds. The Morgan fingerprint density at radius 3 is 2.89 bits per heavy atom. The number of aromatic nitrogens is 2. The molecule has 1 aromatic carbocycles. The standard InChI is InChI=1S/C21H20FN3O3/c22-14-4-5-15-16(8-23-17(15)7-14)20(21(27)28)24-9-12-6-13(11-24)18-2-1-3-19(26)25(18)10-12/h1-5,7-8,12-13,20,23H,6,9-11H2,(H,27,28)/t12-,13-,20+/m0/s1. The van der Waals surface area contributed by atoms with Gasteiger partial charge in [-0.05, 0) is 36.6 Å². The first kappa shape index (κ1) is 17.2. The summed E-state index contributed by atoms with van der Waals surface area (Å²) < 4.78 is 15.3. The van der Waals surface area contributed by atoms with Crippen molar-refractivity contribution in [3.63, 3.8) is 0 Å². The number of nitrogens with zero attached hydrogens (tertiary/aromatic N) is 2. The third-order valence-electron chi connectivity index (χ3n) is 6.08. The zero-order chi connectivity index (χ0) is 19.4. The molecular weight excluding hydrogens is 361 g/mol. The summed E-state index contributed by atoms with van der Waals surface area (Å²) >= 11 is 0. The van der Waals surface area contributed by atoms with E-state index in [4.69, 9.17) is 0 Å². The lowest BCUT2D eigenvalue weighted by Crippen LogP contribution is -2.49. The first-order chi connectivity index (χ1) is 13.5. The summed E-state index contributed by atoms with van der Waals surface area (Å²) in [6, 6.07) is 8.87. The maximum absolute atomic E-state index is 13.5. The lowest BCUT2D eigenvalue weighted by molar-refractivity contribution is -0.144. The first-order valence-corrected chi connectivity index (χ1v) is 9.44. The number of fused-ring (bicyclic) bond motifs is 5. The summed E-state index contributed by atoms with van der Waals surface area (Å²) in [4.78, 5) is 29.4. The van der Waals surface area contributed by atoms with Gasteiger partial charge in [-0.1, -0.05) is 6.07 Å². The summed E-state index contributed by atoms with van der Waals surface area (Å²) in [5, 5.41) is 10.8. The smallest absolute Gasteiger partial charge is 0.325 e. The van der Waals surface area contributed by atoms with Crippen LogP contribution >= 0.6 is 0 Å². The average molecular weight is 381 g/mol. The molecule has 144 valence electrons. The third kappa shape index (κ3) is 2.65. The monoisotopic (exact) mass is 381 g/mol. The van der Waals surface area contributed by atoms with Gasteiger partial charge in [0.05, 0.1) is 0 Å². The highest BCUT2D eigenvalue weighted by molar-refractivity contribution is 5.89. The first-order valence-electron chi connectivity index (χ1n) is 9.44. The Balaban J connectivity index is 1.54. The van der Waals surface area contributed by atoms with Crippen molar-refractivity contribution >= 4 is 16.9 Å². The van der Waals surface area contributed by atoms with E-state index in [-0.39, 0.29) is 23.2 Å². The molecule has 0 saturated carbocycles. The Kier molecular flexibility index (Phi) is 3.87. The van der Waals surface area contributed by atoms with Gasteiger partial charge in [0.1, 0.15) is 11.9 Å². The second kappa shape index (κ2) is 6.31. The van der Waals surface area contributed by atoms with Crippen molar-refractivity contribution < 1.29 is 14.3 Å². The normalized spacial score (nSPS) is 22.8. The molecule has 1 fully saturated rings. The van der Waals surface area contributed by atoms with Crippen LogP contribution in [0, 0.1) is 11.7 Å². The van der Waals surface area contributed by atoms with Gasteiger partial charge < -0.3 is 14.7 Å². The molecule has 2 aliphatic rings. The minimum absolute atomic E-state index is 0.00842. The van der Waals surface area contributed by atoms with Gasteiger partial charge in [-0.3, -0.25) is 14.5 Å². The summed E-state index contributed by atoms with van der Waals surface area (Å²) in [5.41, 5.74) is 2.23. The number of piperidine rings is 1. The Labute approximate surface area is 160 Å². The number of benzene rings is 1. The van der Waals surface area contributed by atoms with Gasteiger partial charge in [-0.25, -0.2) is 4.39 Å². The number of hydrogen-bond donors (Lipinski definition) is 2. The number of hydrogen-bond acceptors (Lipinski definition) is 3. The molecule has 0 unspecified atom stereocenters. The summed E-state index contributed by atoms with van der Waals surface area (Å²) in [5.74, 6) is -0.917. The van der Waals surface area contributed by atoms with E-state index in [9.17, 15) is 19.1 Å². The molecule has 1 saturated heterocycles. The Morgan fingerprint density at radius 1 is 1.21 bits per heavy atom. The van der Waals surface area contributed by atoms with Crippen LogP contribution in [-0.2, 0) is 11.3 Å². The fourth-order valence-corrected chi connectivity index (χ4v) is 4.98. The zero-order valence-corrected chi connectivity index (χ0v) is 15.1. The molecule has 2 aromatic heterocycles. The van der Waals surface area contributed by atoms with E-state index in [0.29, 0.717) is 30.7 Å². The average Bonchev–Trinajstić information content (AvgIpc) is 3.05. The maximum atomic E-state index is 13.5. The van der Waals surface area contributed by atoms with Gasteiger partial charge in [-0.15, -0.1) is 0 Å². The van der Waals surface area contributed by atoms with Crippen LogP contribution in [0.5, 0.6) is 0 Å². The molecule has 0 aliphatic carbocycles. The Hall–Kier alpha value is -2.93. The fraction of sp³-hybridized carbons (Fsp3) is 0.333. The molecule has 6 nitrogen and oxygen atoms in total. The van der Waals surface area contributed by atoms with Gasteiger partial charge >= 0.3 is 5.97 Å². The molecule has 28 heavy (non-hydrogen) atoms. The number of halogens is 1. The van der Waals surface area contributed by atoms with Gasteiger partial charge in [0.25, 0.3) is 5.56 Å². The highest BCUT2D eigenvalue weighted by Gasteiger charge is 2.40. The van der Waals surface area contributed by atoms with Crippen molar-refractivity contribution in [1.29, 1.82) is 0 Å². The number of pyridine rings is 1. The van der Waals surface area contributed by atoms with Crippen molar-refractivity contribution in [3.05, 3.63) is 70.0 Å². The van der Waals surface area contributed by atoms with E-state index in [1.807, 2.05) is 15.5 Å². The van der Waals surface area contributed by atoms with Crippen molar-refractivity contribution in [1.82, 2.24) is 14.5 Å². The minimum atomic E-state index is -0.921. The number of carboxylic acids is 1. The number of rotatable bonds is 3. The highest BCUT2D eigenvalue weighted by Crippen LogP contribution is 2.39. The molecule has 0 spiro atoms. The van der Waals surface area contributed by atoms with Crippen LogP contribution in [0.3, 0.4) is 0 Å². The van der Waals surface area contributed by atoms with Crippen LogP contribution in [0.25, 0.3) is 10.9 Å². The highest BCUT2D eigenvalue weighted by atomic mass is 19.1. The Morgan fingerprint density at radius 2 is 2.07 bits per heavy atom. The van der Waals surface area contributed by atoms with E-state index in [1.165, 1.54) is 12.1 Å².